The molecule has 22 heavy (non-hydrogen) atoms. The third-order valence-corrected chi connectivity index (χ3v) is 2.75. The number of pyridine rings is 1. The van der Waals surface area contributed by atoms with Crippen LogP contribution in [0.15, 0.2) is 59.0 Å². The molecule has 2 rings (SSSR count). The van der Waals surface area contributed by atoms with Crippen LogP contribution >= 0.6 is 11.6 Å². The molecule has 0 bridgehead atoms. The third-order valence-electron chi connectivity index (χ3n) is 2.49. The molecular weight excluding hydrogens is 306 g/mol. The van der Waals surface area contributed by atoms with E-state index >= 15 is 0 Å². The van der Waals surface area contributed by atoms with Crippen molar-refractivity contribution in [3.05, 3.63) is 59.4 Å². The molecule has 4 amide bonds. The minimum absolute atomic E-state index is 0.254. The number of nitrogens with zero attached hydrogens (tertiary/aromatic N) is 3. The van der Waals surface area contributed by atoms with Crippen LogP contribution in [0.4, 0.5) is 15.3 Å². The molecule has 2 N–H and O–H groups in total. The highest BCUT2D eigenvalue weighted by Gasteiger charge is 2.03. The molecule has 7 nitrogen and oxygen atoms in total. The Bertz CT molecular complexity index is 673. The molecule has 0 fully saturated rings. The minimum atomic E-state index is -0.751. The van der Waals surface area contributed by atoms with Gasteiger partial charge in [-0.2, -0.15) is 0 Å². The van der Waals surface area contributed by atoms with E-state index in [0.717, 1.165) is 5.56 Å². The molecule has 0 aliphatic rings. The van der Waals surface area contributed by atoms with Crippen molar-refractivity contribution in [2.45, 2.75) is 6.54 Å². The summed E-state index contributed by atoms with van der Waals surface area (Å²) in [7, 11) is 0. The van der Waals surface area contributed by atoms with E-state index in [2.05, 4.69) is 25.8 Å². The number of anilines is 1. The second-order valence-corrected chi connectivity index (χ2v) is 4.59. The minimum Gasteiger partial charge on any atom is -0.331 e. The highest BCUT2D eigenvalue weighted by atomic mass is 35.5. The molecule has 2 aromatic rings. The maximum Gasteiger partial charge on any atom is 0.364 e. The third kappa shape index (κ3) is 5.29. The Labute approximate surface area is 131 Å². The first-order valence-electron chi connectivity index (χ1n) is 6.28. The van der Waals surface area contributed by atoms with Crippen molar-refractivity contribution in [1.29, 1.82) is 0 Å². The topological polar surface area (TPSA) is 95.8 Å². The maximum absolute atomic E-state index is 11.5. The van der Waals surface area contributed by atoms with E-state index < -0.39 is 12.1 Å². The monoisotopic (exact) mass is 317 g/mol. The number of carbonyl (C=O) groups is 2. The van der Waals surface area contributed by atoms with Crippen LogP contribution < -0.4 is 10.6 Å². The van der Waals surface area contributed by atoms with Crippen LogP contribution in [-0.4, -0.2) is 17.0 Å². The number of hydrogen-bond donors (Lipinski definition) is 2. The Morgan fingerprint density at radius 1 is 1.09 bits per heavy atom. The Hall–Kier alpha value is -2.80. The van der Waals surface area contributed by atoms with Crippen molar-refractivity contribution in [2.24, 2.45) is 10.2 Å². The van der Waals surface area contributed by atoms with Crippen LogP contribution in [0.1, 0.15) is 5.56 Å². The number of nitrogens with one attached hydrogen (secondary N) is 2. The first-order valence-corrected chi connectivity index (χ1v) is 6.66. The van der Waals surface area contributed by atoms with Crippen molar-refractivity contribution in [3.8, 4) is 0 Å². The molecule has 1 aromatic carbocycles. The number of aromatic nitrogens is 1. The van der Waals surface area contributed by atoms with E-state index in [0.29, 0.717) is 10.7 Å². The molecular formula is C14H12ClN5O2. The van der Waals surface area contributed by atoms with Gasteiger partial charge in [-0.15, -0.1) is 0 Å². The van der Waals surface area contributed by atoms with Gasteiger partial charge in [0.15, 0.2) is 0 Å². The molecule has 0 unspecified atom stereocenters. The number of benzene rings is 1. The summed E-state index contributed by atoms with van der Waals surface area (Å²) in [4.78, 5) is 26.8. The zero-order chi connectivity index (χ0) is 15.8. The van der Waals surface area contributed by atoms with E-state index in [1.807, 2.05) is 0 Å². The van der Waals surface area contributed by atoms with Gasteiger partial charge in [0.1, 0.15) is 0 Å². The van der Waals surface area contributed by atoms with Gasteiger partial charge in [0, 0.05) is 29.6 Å². The quantitative estimate of drug-likeness (QED) is 0.846. The van der Waals surface area contributed by atoms with E-state index in [1.54, 1.807) is 48.8 Å². The Balaban J connectivity index is 1.79. The SMILES string of the molecule is O=C(/N=N/C(=O)Nc1ccc(Cl)cc1)NCc1cccnc1. The first kappa shape index (κ1) is 15.6. The zero-order valence-electron chi connectivity index (χ0n) is 11.4. The zero-order valence-corrected chi connectivity index (χ0v) is 12.1. The molecule has 0 saturated heterocycles. The molecule has 0 saturated carbocycles. The van der Waals surface area contributed by atoms with Crippen molar-refractivity contribution >= 4 is 29.4 Å². The lowest BCUT2D eigenvalue weighted by Gasteiger charge is -2.01. The number of amides is 4. The average molecular weight is 318 g/mol. The Morgan fingerprint density at radius 2 is 1.82 bits per heavy atom. The summed E-state index contributed by atoms with van der Waals surface area (Å²) < 4.78 is 0. The summed E-state index contributed by atoms with van der Waals surface area (Å²) in [6, 6.07) is 8.55. The molecule has 0 aliphatic carbocycles. The smallest absolute Gasteiger partial charge is 0.331 e. The molecule has 1 aromatic heterocycles. The second kappa shape index (κ2) is 7.84. The summed E-state index contributed by atoms with van der Waals surface area (Å²) in [5, 5.41) is 12.0. The summed E-state index contributed by atoms with van der Waals surface area (Å²) >= 11 is 5.72. The molecule has 0 spiro atoms. The number of hydrogen-bond acceptors (Lipinski definition) is 3. The summed E-state index contributed by atoms with van der Waals surface area (Å²) in [5.41, 5.74) is 1.32. The largest absolute Gasteiger partial charge is 0.364 e. The second-order valence-electron chi connectivity index (χ2n) is 4.16. The average Bonchev–Trinajstić information content (AvgIpc) is 2.54. The predicted octanol–water partition coefficient (Wildman–Crippen LogP) is 3.63. The fraction of sp³-hybridized carbons (Fsp3) is 0.0714. The molecule has 112 valence electrons. The van der Waals surface area contributed by atoms with Gasteiger partial charge in [-0.25, -0.2) is 9.59 Å². The predicted molar refractivity (Wildman–Crippen MR) is 81.8 cm³/mol. The standard InChI is InChI=1S/C14H12ClN5O2/c15-11-3-5-12(6-4-11)18-14(22)20-19-13(21)17-9-10-2-1-7-16-8-10/h1-8H,9H2,(H,17,21)(H,18,22)/b20-19+. The van der Waals surface area contributed by atoms with Crippen LogP contribution in [0.3, 0.4) is 0 Å². The Kier molecular flexibility index (Phi) is 5.56. The van der Waals surface area contributed by atoms with Crippen LogP contribution in [-0.2, 0) is 6.54 Å². The van der Waals surface area contributed by atoms with Gasteiger partial charge >= 0.3 is 12.1 Å². The molecule has 0 aliphatic heterocycles. The number of rotatable bonds is 3. The van der Waals surface area contributed by atoms with E-state index in [1.165, 1.54) is 0 Å². The van der Waals surface area contributed by atoms with Crippen molar-refractivity contribution in [3.63, 3.8) is 0 Å². The van der Waals surface area contributed by atoms with Gasteiger partial charge in [0.05, 0.1) is 0 Å². The van der Waals surface area contributed by atoms with E-state index in [9.17, 15) is 9.59 Å². The van der Waals surface area contributed by atoms with Crippen molar-refractivity contribution < 1.29 is 9.59 Å². The lowest BCUT2D eigenvalue weighted by molar-refractivity contribution is 0.244. The highest BCUT2D eigenvalue weighted by Crippen LogP contribution is 2.13. The van der Waals surface area contributed by atoms with Crippen LogP contribution in [0.2, 0.25) is 5.02 Å². The first-order chi connectivity index (χ1) is 10.6. The van der Waals surface area contributed by atoms with Crippen molar-refractivity contribution in [1.82, 2.24) is 10.3 Å². The summed E-state index contributed by atoms with van der Waals surface area (Å²) in [6.45, 7) is 0.254. The van der Waals surface area contributed by atoms with Gasteiger partial charge in [0.25, 0.3) is 0 Å². The number of azo groups is 1. The molecule has 1 heterocycles. The maximum atomic E-state index is 11.5. The fourth-order valence-electron chi connectivity index (χ4n) is 1.49. The summed E-state index contributed by atoms with van der Waals surface area (Å²) in [5.74, 6) is 0. The van der Waals surface area contributed by atoms with Gasteiger partial charge in [-0.05, 0) is 35.9 Å². The van der Waals surface area contributed by atoms with E-state index in [-0.39, 0.29) is 6.54 Å². The number of urea groups is 2. The van der Waals surface area contributed by atoms with Crippen LogP contribution in [0.5, 0.6) is 0 Å². The molecule has 0 radical (unpaired) electrons. The van der Waals surface area contributed by atoms with Crippen LogP contribution in [0, 0.1) is 0 Å². The number of carbonyl (C=O) groups excluding carboxylic acids is 2. The van der Waals surface area contributed by atoms with E-state index in [4.69, 9.17) is 11.6 Å². The lowest BCUT2D eigenvalue weighted by Crippen LogP contribution is -2.19. The molecule has 8 heteroatoms. The highest BCUT2D eigenvalue weighted by molar-refractivity contribution is 6.30. The molecule has 0 atom stereocenters. The van der Waals surface area contributed by atoms with Gasteiger partial charge in [-0.3, -0.25) is 4.98 Å². The number of halogens is 1. The normalized spacial score (nSPS) is 10.4. The van der Waals surface area contributed by atoms with Crippen LogP contribution in [0.25, 0.3) is 0 Å². The van der Waals surface area contributed by atoms with Gasteiger partial charge < -0.3 is 10.6 Å². The van der Waals surface area contributed by atoms with Gasteiger partial charge in [0.2, 0.25) is 0 Å². The Morgan fingerprint density at radius 3 is 2.50 bits per heavy atom. The fourth-order valence-corrected chi connectivity index (χ4v) is 1.61. The van der Waals surface area contributed by atoms with Crippen molar-refractivity contribution in [2.75, 3.05) is 5.32 Å². The lowest BCUT2D eigenvalue weighted by atomic mass is 10.3. The van der Waals surface area contributed by atoms with Gasteiger partial charge in [-0.1, -0.05) is 27.9 Å². The summed E-state index contributed by atoms with van der Waals surface area (Å²) in [6.07, 6.45) is 3.25.